The van der Waals surface area contributed by atoms with Gasteiger partial charge in [0, 0.05) is 13.1 Å². The van der Waals surface area contributed by atoms with Crippen LogP contribution in [0.25, 0.3) is 0 Å². The summed E-state index contributed by atoms with van der Waals surface area (Å²) < 4.78 is 20.3. The highest BCUT2D eigenvalue weighted by molar-refractivity contribution is 7.76. The molecule has 0 aromatic carbocycles. The van der Waals surface area contributed by atoms with Crippen molar-refractivity contribution in [1.82, 2.24) is 4.31 Å². The molecule has 0 aliphatic carbocycles. The normalized spacial score (nSPS) is 13.0. The van der Waals surface area contributed by atoms with Crippen molar-refractivity contribution in [2.45, 2.75) is 0 Å². The Bertz CT molecular complexity index is 137. The van der Waals surface area contributed by atoms with Gasteiger partial charge in [-0.15, -0.1) is 13.2 Å². The van der Waals surface area contributed by atoms with Crippen LogP contribution in [0.3, 0.4) is 0 Å². The van der Waals surface area contributed by atoms with Gasteiger partial charge in [-0.2, -0.15) is 4.31 Å². The number of nitrogens with zero attached hydrogens (tertiary/aromatic N) is 1. The third-order valence-corrected chi connectivity index (χ3v) is 1.63. The lowest BCUT2D eigenvalue weighted by Gasteiger charge is -2.11. The van der Waals surface area contributed by atoms with Crippen LogP contribution in [-0.4, -0.2) is 26.2 Å². The van der Waals surface area contributed by atoms with Gasteiger partial charge in [0.25, 0.3) is 0 Å². The molecule has 0 fully saturated rings. The molecule has 10 heavy (non-hydrogen) atoms. The smallest absolute Gasteiger partial charge is 0.235 e. The maximum absolute atomic E-state index is 10.4. The quantitative estimate of drug-likeness (QED) is 0.478. The maximum Gasteiger partial charge on any atom is 0.235 e. The van der Waals surface area contributed by atoms with Crippen LogP contribution in [0.1, 0.15) is 0 Å². The molecule has 0 bridgehead atoms. The van der Waals surface area contributed by atoms with E-state index < -0.39 is 11.3 Å². The molecule has 0 aromatic rings. The van der Waals surface area contributed by atoms with E-state index in [-0.39, 0.29) is 0 Å². The molecule has 0 radical (unpaired) electrons. The predicted molar refractivity (Wildman–Crippen MR) is 42.7 cm³/mol. The van der Waals surface area contributed by atoms with Crippen LogP contribution in [0.15, 0.2) is 25.3 Å². The lowest BCUT2D eigenvalue weighted by Crippen LogP contribution is -2.25. The second-order valence-electron chi connectivity index (χ2n) is 1.66. The van der Waals surface area contributed by atoms with Crippen molar-refractivity contribution < 1.29 is 8.76 Å². The van der Waals surface area contributed by atoms with Gasteiger partial charge in [0.15, 0.2) is 0 Å². The molecule has 58 valence electrons. The highest BCUT2D eigenvalue weighted by Gasteiger charge is 2.04. The van der Waals surface area contributed by atoms with Gasteiger partial charge in [0.05, 0.1) is 0 Å². The van der Waals surface area contributed by atoms with E-state index in [1.165, 1.54) is 4.31 Å². The van der Waals surface area contributed by atoms with Crippen molar-refractivity contribution in [2.24, 2.45) is 0 Å². The van der Waals surface area contributed by atoms with Crippen molar-refractivity contribution in [3.8, 4) is 0 Å². The molecule has 0 rings (SSSR count). The summed E-state index contributed by atoms with van der Waals surface area (Å²) in [6.45, 7) is 7.68. The monoisotopic (exact) mass is 161 g/mol. The summed E-state index contributed by atoms with van der Waals surface area (Å²) in [4.78, 5) is 0. The first-order chi connectivity index (χ1) is 4.72. The van der Waals surface area contributed by atoms with Crippen LogP contribution in [-0.2, 0) is 11.3 Å². The third-order valence-electron chi connectivity index (χ3n) is 0.886. The van der Waals surface area contributed by atoms with Gasteiger partial charge in [-0.3, -0.25) is 4.55 Å². The first-order valence-corrected chi connectivity index (χ1v) is 3.86. The zero-order valence-corrected chi connectivity index (χ0v) is 6.51. The molecule has 0 aromatic heterocycles. The van der Waals surface area contributed by atoms with E-state index in [9.17, 15) is 4.21 Å². The fraction of sp³-hybridized carbons (Fsp3) is 0.333. The molecule has 0 aliphatic heterocycles. The Hall–Kier alpha value is -0.450. The standard InChI is InChI=1S/C6H11NO2S/c1-3-5-7(6-4-2)10(8)9/h3-4H,1-2,5-6H2,(H,8,9). The molecular formula is C6H11NO2S. The fourth-order valence-corrected chi connectivity index (χ4v) is 0.956. The molecule has 0 heterocycles. The maximum atomic E-state index is 10.4. The minimum Gasteiger partial charge on any atom is -0.294 e. The van der Waals surface area contributed by atoms with Gasteiger partial charge in [-0.05, 0) is 0 Å². The second kappa shape index (κ2) is 5.34. The molecule has 0 saturated carbocycles. The van der Waals surface area contributed by atoms with E-state index in [0.29, 0.717) is 13.1 Å². The summed E-state index contributed by atoms with van der Waals surface area (Å²) in [6, 6.07) is 0. The third kappa shape index (κ3) is 3.55. The summed E-state index contributed by atoms with van der Waals surface area (Å²) in [5.41, 5.74) is 0. The Kier molecular flexibility index (Phi) is 5.10. The van der Waals surface area contributed by atoms with Gasteiger partial charge in [0.2, 0.25) is 11.3 Å². The molecule has 0 amide bonds. The summed E-state index contributed by atoms with van der Waals surface area (Å²) >= 11 is -1.91. The van der Waals surface area contributed by atoms with E-state index in [2.05, 4.69) is 13.2 Å². The van der Waals surface area contributed by atoms with Gasteiger partial charge in [-0.25, -0.2) is 4.21 Å². The molecule has 0 aliphatic rings. The lowest BCUT2D eigenvalue weighted by atomic mass is 10.5. The SMILES string of the molecule is C=CCN(CC=C)S(=O)O. The van der Waals surface area contributed by atoms with Crippen LogP contribution in [0.2, 0.25) is 0 Å². The van der Waals surface area contributed by atoms with Gasteiger partial charge >= 0.3 is 0 Å². The first-order valence-electron chi connectivity index (χ1n) is 2.80. The van der Waals surface area contributed by atoms with Crippen LogP contribution in [0.5, 0.6) is 0 Å². The molecule has 1 atom stereocenters. The molecule has 0 saturated heterocycles. The van der Waals surface area contributed by atoms with Gasteiger partial charge in [0.1, 0.15) is 0 Å². The van der Waals surface area contributed by atoms with Crippen LogP contribution >= 0.6 is 0 Å². The summed E-state index contributed by atoms with van der Waals surface area (Å²) in [7, 11) is 0. The van der Waals surface area contributed by atoms with Gasteiger partial charge < -0.3 is 0 Å². The lowest BCUT2D eigenvalue weighted by molar-refractivity contribution is 0.451. The topological polar surface area (TPSA) is 40.5 Å². The summed E-state index contributed by atoms with van der Waals surface area (Å²) in [6.07, 6.45) is 3.13. The molecule has 3 nitrogen and oxygen atoms in total. The molecular weight excluding hydrogens is 150 g/mol. The van der Waals surface area contributed by atoms with Crippen LogP contribution < -0.4 is 0 Å². The van der Waals surface area contributed by atoms with Crippen molar-refractivity contribution in [3.05, 3.63) is 25.3 Å². The Morgan fingerprint density at radius 1 is 1.40 bits per heavy atom. The van der Waals surface area contributed by atoms with Crippen molar-refractivity contribution in [3.63, 3.8) is 0 Å². The minimum absolute atomic E-state index is 0.398. The average molecular weight is 161 g/mol. The van der Waals surface area contributed by atoms with E-state index in [1.807, 2.05) is 0 Å². The van der Waals surface area contributed by atoms with E-state index in [0.717, 1.165) is 0 Å². The number of hydrogen-bond acceptors (Lipinski definition) is 1. The second-order valence-corrected chi connectivity index (χ2v) is 2.63. The molecule has 4 heteroatoms. The van der Waals surface area contributed by atoms with Gasteiger partial charge in [-0.1, -0.05) is 12.2 Å². The fourth-order valence-electron chi connectivity index (χ4n) is 0.490. The zero-order valence-electron chi connectivity index (χ0n) is 5.69. The minimum atomic E-state index is -1.91. The Morgan fingerprint density at radius 3 is 2.00 bits per heavy atom. The molecule has 0 spiro atoms. The summed E-state index contributed by atoms with van der Waals surface area (Å²) in [5, 5.41) is 0. The van der Waals surface area contributed by atoms with E-state index in [4.69, 9.17) is 4.55 Å². The summed E-state index contributed by atoms with van der Waals surface area (Å²) in [5.74, 6) is 0. The zero-order chi connectivity index (χ0) is 7.98. The number of hydrogen-bond donors (Lipinski definition) is 1. The van der Waals surface area contributed by atoms with E-state index in [1.54, 1.807) is 12.2 Å². The Balaban J connectivity index is 3.83. The largest absolute Gasteiger partial charge is 0.294 e. The highest BCUT2D eigenvalue weighted by atomic mass is 32.2. The Morgan fingerprint density at radius 2 is 1.80 bits per heavy atom. The van der Waals surface area contributed by atoms with Crippen LogP contribution in [0, 0.1) is 0 Å². The van der Waals surface area contributed by atoms with Crippen molar-refractivity contribution in [2.75, 3.05) is 13.1 Å². The van der Waals surface area contributed by atoms with Crippen molar-refractivity contribution >= 4 is 11.3 Å². The van der Waals surface area contributed by atoms with Crippen molar-refractivity contribution in [1.29, 1.82) is 0 Å². The average Bonchev–Trinajstić information content (AvgIpc) is 1.87. The Labute approximate surface area is 63.5 Å². The first kappa shape index (κ1) is 9.55. The van der Waals surface area contributed by atoms with E-state index >= 15 is 0 Å². The predicted octanol–water partition coefficient (Wildman–Crippen LogP) is 0.797. The van der Waals surface area contributed by atoms with Crippen LogP contribution in [0.4, 0.5) is 0 Å². The number of rotatable bonds is 5. The molecule has 1 N–H and O–H groups in total. The molecule has 1 unspecified atom stereocenters. The highest BCUT2D eigenvalue weighted by Crippen LogP contribution is 1.91.